The van der Waals surface area contributed by atoms with Crippen LogP contribution in [0.2, 0.25) is 5.02 Å². The van der Waals surface area contributed by atoms with E-state index in [0.29, 0.717) is 11.0 Å². The Kier molecular flexibility index (Phi) is 4.02. The molecule has 0 saturated heterocycles. The minimum Gasteiger partial charge on any atom is -0.324 e. The Bertz CT molecular complexity index is 817. The lowest BCUT2D eigenvalue weighted by Crippen LogP contribution is -1.99. The number of nitrogens with one attached hydrogen (secondary N) is 1. The van der Waals surface area contributed by atoms with Crippen molar-refractivity contribution in [1.29, 1.82) is 0 Å². The van der Waals surface area contributed by atoms with Crippen LogP contribution in [0.15, 0.2) is 48.8 Å². The lowest BCUT2D eigenvalue weighted by Gasteiger charge is -2.09. The van der Waals surface area contributed by atoms with Gasteiger partial charge in [-0.15, -0.1) is 0 Å². The van der Waals surface area contributed by atoms with Crippen LogP contribution in [-0.2, 0) is 0 Å². The van der Waals surface area contributed by atoms with Crippen LogP contribution >= 0.6 is 11.6 Å². The smallest absolute Gasteiger partial charge is 0.227 e. The SMILES string of the molecule is Cc1cnc(C)c(-c2ccnc(Nc3cccc(Cl)c3)n2)c1. The number of hydrogen-bond acceptors (Lipinski definition) is 4. The number of anilines is 2. The molecule has 0 fully saturated rings. The van der Waals surface area contributed by atoms with Crippen molar-refractivity contribution in [1.82, 2.24) is 15.0 Å². The summed E-state index contributed by atoms with van der Waals surface area (Å²) in [6.07, 6.45) is 3.59. The van der Waals surface area contributed by atoms with Crippen LogP contribution in [0.25, 0.3) is 11.3 Å². The van der Waals surface area contributed by atoms with Crippen LogP contribution in [0.4, 0.5) is 11.6 Å². The monoisotopic (exact) mass is 310 g/mol. The zero-order chi connectivity index (χ0) is 15.5. The molecule has 0 amide bonds. The molecule has 22 heavy (non-hydrogen) atoms. The fourth-order valence-corrected chi connectivity index (χ4v) is 2.35. The zero-order valence-corrected chi connectivity index (χ0v) is 13.1. The number of nitrogens with zero attached hydrogens (tertiary/aromatic N) is 3. The molecule has 0 radical (unpaired) electrons. The third kappa shape index (κ3) is 3.23. The third-order valence-corrected chi connectivity index (χ3v) is 3.47. The Morgan fingerprint density at radius 2 is 1.91 bits per heavy atom. The van der Waals surface area contributed by atoms with E-state index in [9.17, 15) is 0 Å². The fraction of sp³-hybridized carbons (Fsp3) is 0.118. The maximum atomic E-state index is 5.99. The van der Waals surface area contributed by atoms with Gasteiger partial charge in [-0.05, 0) is 49.7 Å². The molecule has 0 unspecified atom stereocenters. The summed E-state index contributed by atoms with van der Waals surface area (Å²) in [5, 5.41) is 3.83. The molecule has 2 heterocycles. The lowest BCUT2D eigenvalue weighted by atomic mass is 10.1. The number of aryl methyl sites for hydroxylation is 2. The predicted octanol–water partition coefficient (Wildman–Crippen LogP) is 4.55. The van der Waals surface area contributed by atoms with E-state index >= 15 is 0 Å². The van der Waals surface area contributed by atoms with E-state index in [4.69, 9.17) is 11.6 Å². The Morgan fingerprint density at radius 3 is 2.73 bits per heavy atom. The van der Waals surface area contributed by atoms with Gasteiger partial charge in [0.15, 0.2) is 0 Å². The van der Waals surface area contributed by atoms with E-state index in [1.54, 1.807) is 6.20 Å². The Labute approximate surface area is 134 Å². The van der Waals surface area contributed by atoms with Crippen LogP contribution in [0.3, 0.4) is 0 Å². The molecule has 0 bridgehead atoms. The second kappa shape index (κ2) is 6.12. The number of rotatable bonds is 3. The van der Waals surface area contributed by atoms with Crippen molar-refractivity contribution < 1.29 is 0 Å². The second-order valence-corrected chi connectivity index (χ2v) is 5.48. The first-order valence-electron chi connectivity index (χ1n) is 6.91. The number of halogens is 1. The van der Waals surface area contributed by atoms with Crippen LogP contribution in [-0.4, -0.2) is 15.0 Å². The largest absolute Gasteiger partial charge is 0.324 e. The standard InChI is InChI=1S/C17H15ClN4/c1-11-8-15(12(2)20-10-11)16-6-7-19-17(22-16)21-14-5-3-4-13(18)9-14/h3-10H,1-2H3,(H,19,21,22). The highest BCUT2D eigenvalue weighted by Crippen LogP contribution is 2.23. The number of benzene rings is 1. The van der Waals surface area contributed by atoms with Gasteiger partial charge in [-0.2, -0.15) is 0 Å². The normalized spacial score (nSPS) is 10.5. The summed E-state index contributed by atoms with van der Waals surface area (Å²) in [5.41, 5.74) is 4.75. The molecule has 0 saturated carbocycles. The maximum absolute atomic E-state index is 5.99. The minimum atomic E-state index is 0.528. The molecule has 0 aliphatic rings. The van der Waals surface area contributed by atoms with Crippen molar-refractivity contribution in [2.24, 2.45) is 0 Å². The highest BCUT2D eigenvalue weighted by Gasteiger charge is 2.07. The van der Waals surface area contributed by atoms with Crippen LogP contribution < -0.4 is 5.32 Å². The molecule has 0 spiro atoms. The van der Waals surface area contributed by atoms with Crippen molar-refractivity contribution in [3.63, 3.8) is 0 Å². The molecule has 2 aromatic heterocycles. The average molecular weight is 311 g/mol. The molecular formula is C17H15ClN4. The first-order chi connectivity index (χ1) is 10.6. The fourth-order valence-electron chi connectivity index (χ4n) is 2.16. The lowest BCUT2D eigenvalue weighted by molar-refractivity contribution is 1.13. The molecule has 3 aromatic rings. The molecule has 5 heteroatoms. The van der Waals surface area contributed by atoms with E-state index in [0.717, 1.165) is 28.2 Å². The molecule has 1 N–H and O–H groups in total. The van der Waals surface area contributed by atoms with E-state index < -0.39 is 0 Å². The van der Waals surface area contributed by atoms with Gasteiger partial charge in [-0.3, -0.25) is 4.98 Å². The molecule has 0 atom stereocenters. The summed E-state index contributed by atoms with van der Waals surface area (Å²) < 4.78 is 0. The van der Waals surface area contributed by atoms with Crippen molar-refractivity contribution in [2.75, 3.05) is 5.32 Å². The summed E-state index contributed by atoms with van der Waals surface area (Å²) >= 11 is 5.99. The zero-order valence-electron chi connectivity index (χ0n) is 12.3. The van der Waals surface area contributed by atoms with Crippen molar-refractivity contribution >= 4 is 23.2 Å². The van der Waals surface area contributed by atoms with Crippen molar-refractivity contribution in [3.05, 3.63) is 65.1 Å². The van der Waals surface area contributed by atoms with Gasteiger partial charge in [0.2, 0.25) is 5.95 Å². The topological polar surface area (TPSA) is 50.7 Å². The van der Waals surface area contributed by atoms with Gasteiger partial charge in [-0.25, -0.2) is 9.97 Å². The Morgan fingerprint density at radius 1 is 1.05 bits per heavy atom. The Hall–Kier alpha value is -2.46. The van der Waals surface area contributed by atoms with Crippen molar-refractivity contribution in [3.8, 4) is 11.3 Å². The van der Waals surface area contributed by atoms with E-state index in [1.165, 1.54) is 0 Å². The molecule has 4 nitrogen and oxygen atoms in total. The van der Waals surface area contributed by atoms with Gasteiger partial charge in [0, 0.05) is 34.4 Å². The average Bonchev–Trinajstić information content (AvgIpc) is 2.50. The number of pyridine rings is 1. The molecule has 1 aromatic carbocycles. The highest BCUT2D eigenvalue weighted by molar-refractivity contribution is 6.30. The quantitative estimate of drug-likeness (QED) is 0.771. The molecule has 0 aliphatic carbocycles. The van der Waals surface area contributed by atoms with Gasteiger partial charge < -0.3 is 5.32 Å². The molecule has 3 rings (SSSR count). The van der Waals surface area contributed by atoms with E-state index in [1.807, 2.05) is 50.4 Å². The number of hydrogen-bond donors (Lipinski definition) is 1. The summed E-state index contributed by atoms with van der Waals surface area (Å²) in [6, 6.07) is 11.4. The first kappa shape index (κ1) is 14.5. The molecule has 110 valence electrons. The van der Waals surface area contributed by atoms with E-state index in [2.05, 4.69) is 26.3 Å². The molecule has 0 aliphatic heterocycles. The number of aromatic nitrogens is 3. The Balaban J connectivity index is 1.94. The summed E-state index contributed by atoms with van der Waals surface area (Å²) in [6.45, 7) is 3.99. The third-order valence-electron chi connectivity index (χ3n) is 3.24. The first-order valence-corrected chi connectivity index (χ1v) is 7.29. The van der Waals surface area contributed by atoms with Crippen LogP contribution in [0.1, 0.15) is 11.3 Å². The summed E-state index contributed by atoms with van der Waals surface area (Å²) in [7, 11) is 0. The highest BCUT2D eigenvalue weighted by atomic mass is 35.5. The minimum absolute atomic E-state index is 0.528. The van der Waals surface area contributed by atoms with Gasteiger partial charge >= 0.3 is 0 Å². The van der Waals surface area contributed by atoms with Gasteiger partial charge in [-0.1, -0.05) is 17.7 Å². The van der Waals surface area contributed by atoms with Gasteiger partial charge in [0.25, 0.3) is 0 Å². The van der Waals surface area contributed by atoms with Crippen LogP contribution in [0, 0.1) is 13.8 Å². The predicted molar refractivity (Wildman–Crippen MR) is 89.5 cm³/mol. The molecular weight excluding hydrogens is 296 g/mol. The van der Waals surface area contributed by atoms with Gasteiger partial charge in [0.1, 0.15) is 0 Å². The second-order valence-electron chi connectivity index (χ2n) is 5.05. The summed E-state index contributed by atoms with van der Waals surface area (Å²) in [5.74, 6) is 0.528. The van der Waals surface area contributed by atoms with E-state index in [-0.39, 0.29) is 0 Å². The maximum Gasteiger partial charge on any atom is 0.227 e. The van der Waals surface area contributed by atoms with Crippen molar-refractivity contribution in [2.45, 2.75) is 13.8 Å². The van der Waals surface area contributed by atoms with Gasteiger partial charge in [0.05, 0.1) is 5.69 Å². The summed E-state index contributed by atoms with van der Waals surface area (Å²) in [4.78, 5) is 13.2. The van der Waals surface area contributed by atoms with Crippen LogP contribution in [0.5, 0.6) is 0 Å².